The van der Waals surface area contributed by atoms with Gasteiger partial charge < -0.3 is 24.4 Å². The molecule has 0 aliphatic carbocycles. The van der Waals surface area contributed by atoms with Crippen LogP contribution in [0.1, 0.15) is 6.42 Å². The number of nitrogens with two attached hydrogens (primary N) is 1. The monoisotopic (exact) mass is 520 g/mol. The van der Waals surface area contributed by atoms with Crippen molar-refractivity contribution < 1.29 is 45.0 Å². The molecule has 10 nitrogen and oxygen atoms in total. The lowest BCUT2D eigenvalue weighted by Gasteiger charge is -2.37. The van der Waals surface area contributed by atoms with Gasteiger partial charge in [-0.3, -0.25) is 4.79 Å². The van der Waals surface area contributed by atoms with Crippen molar-refractivity contribution in [3.63, 3.8) is 0 Å². The van der Waals surface area contributed by atoms with Crippen LogP contribution >= 0.6 is 0 Å². The molecule has 3 heterocycles. The van der Waals surface area contributed by atoms with Gasteiger partial charge in [0.05, 0.1) is 19.3 Å². The van der Waals surface area contributed by atoms with Gasteiger partial charge in [0.2, 0.25) is 11.7 Å². The number of nitrogens with zero attached hydrogens (tertiary/aromatic N) is 2. The van der Waals surface area contributed by atoms with Crippen molar-refractivity contribution >= 4 is 27.3 Å². The molecule has 0 unspecified atom stereocenters. The van der Waals surface area contributed by atoms with E-state index in [1.807, 2.05) is 0 Å². The van der Waals surface area contributed by atoms with Crippen LogP contribution in [0.3, 0.4) is 0 Å². The first-order valence-corrected chi connectivity index (χ1v) is 11.6. The number of rotatable bonds is 5. The molecule has 3 N–H and O–H groups in total. The Kier molecular flexibility index (Phi) is 6.37. The third-order valence-corrected chi connectivity index (χ3v) is 6.33. The number of alkyl halides is 2. The van der Waals surface area contributed by atoms with Gasteiger partial charge >= 0.3 is 0 Å². The highest BCUT2D eigenvalue weighted by molar-refractivity contribution is 7.89. The maximum absolute atomic E-state index is 14.4. The van der Waals surface area contributed by atoms with Crippen LogP contribution in [0.15, 0.2) is 35.5 Å². The second-order valence-electron chi connectivity index (χ2n) is 8.02. The zero-order valence-electron chi connectivity index (χ0n) is 18.1. The van der Waals surface area contributed by atoms with E-state index in [0.717, 1.165) is 25.4 Å². The average molecular weight is 520 g/mol. The van der Waals surface area contributed by atoms with Gasteiger partial charge in [0.25, 0.3) is 15.9 Å². The summed E-state index contributed by atoms with van der Waals surface area (Å²) in [5, 5.41) is 7.05. The predicted octanol–water partition coefficient (Wildman–Crippen LogP) is 1.61. The van der Waals surface area contributed by atoms with E-state index < -0.39 is 69.3 Å². The number of hydrogen-bond donors (Lipinski definition) is 2. The van der Waals surface area contributed by atoms with E-state index in [4.69, 9.17) is 19.3 Å². The van der Waals surface area contributed by atoms with Crippen LogP contribution in [0.2, 0.25) is 0 Å². The van der Waals surface area contributed by atoms with Gasteiger partial charge in [-0.05, 0) is 18.2 Å². The molecule has 2 aromatic rings. The Morgan fingerprint density at radius 1 is 1.26 bits per heavy atom. The molecule has 35 heavy (non-hydrogen) atoms. The second kappa shape index (κ2) is 8.89. The molecule has 0 bridgehead atoms. The molecule has 1 atom stereocenters. The first-order chi connectivity index (χ1) is 16.3. The highest BCUT2D eigenvalue weighted by Crippen LogP contribution is 2.43. The summed E-state index contributed by atoms with van der Waals surface area (Å²) in [6, 6.07) is 3.11. The quantitative estimate of drug-likeness (QED) is 0.569. The van der Waals surface area contributed by atoms with Crippen LogP contribution < -0.4 is 20.1 Å². The lowest BCUT2D eigenvalue weighted by Crippen LogP contribution is -2.51. The third-order valence-electron chi connectivity index (χ3n) is 5.52. The summed E-state index contributed by atoms with van der Waals surface area (Å²) >= 11 is 0. The van der Waals surface area contributed by atoms with Crippen LogP contribution in [0.4, 0.5) is 28.9 Å². The van der Waals surface area contributed by atoms with Gasteiger partial charge in [-0.1, -0.05) is 0 Å². The van der Waals surface area contributed by atoms with E-state index in [1.54, 1.807) is 0 Å². The zero-order chi connectivity index (χ0) is 25.6. The number of nitrogens with one attached hydrogen (secondary N) is 1. The fraction of sp³-hybridized carbons (Fsp3) is 0.400. The van der Waals surface area contributed by atoms with Crippen molar-refractivity contribution in [1.82, 2.24) is 4.98 Å². The summed E-state index contributed by atoms with van der Waals surface area (Å²) in [5.41, 5.74) is -0.0305. The first kappa shape index (κ1) is 25.1. The Bertz CT molecular complexity index is 1250. The Balaban J connectivity index is 1.69. The summed E-state index contributed by atoms with van der Waals surface area (Å²) in [5.74, 6) is -8.65. The van der Waals surface area contributed by atoms with Crippen LogP contribution in [0, 0.1) is 11.6 Å². The maximum Gasteiger partial charge on any atom is 0.293 e. The summed E-state index contributed by atoms with van der Waals surface area (Å²) in [6.45, 7) is -2.22. The minimum atomic E-state index is -4.16. The molecule has 0 radical (unpaired) electrons. The molecule has 2 aliphatic heterocycles. The van der Waals surface area contributed by atoms with E-state index in [-0.39, 0.29) is 24.3 Å². The minimum absolute atomic E-state index is 0.0178. The second-order valence-corrected chi connectivity index (χ2v) is 9.53. The number of amides is 1. The molecular formula is C20H20F4N4O6S. The molecule has 190 valence electrons. The largest absolute Gasteiger partial charge is 0.491 e. The molecular weight excluding hydrogens is 500 g/mol. The van der Waals surface area contributed by atoms with Crippen LogP contribution in [0.25, 0.3) is 0 Å². The molecule has 2 fully saturated rings. The Morgan fingerprint density at radius 2 is 1.94 bits per heavy atom. The van der Waals surface area contributed by atoms with Crippen molar-refractivity contribution in [2.24, 2.45) is 5.14 Å². The van der Waals surface area contributed by atoms with Gasteiger partial charge in [0.1, 0.15) is 19.3 Å². The lowest BCUT2D eigenvalue weighted by atomic mass is 10.1. The number of hydrogen-bond acceptors (Lipinski definition) is 8. The van der Waals surface area contributed by atoms with Crippen molar-refractivity contribution in [3.05, 3.63) is 42.1 Å². The summed E-state index contributed by atoms with van der Waals surface area (Å²) in [4.78, 5) is 18.1. The molecule has 0 saturated carbocycles. The first-order valence-electron chi connectivity index (χ1n) is 10.1. The van der Waals surface area contributed by atoms with Crippen molar-refractivity contribution in [2.45, 2.75) is 29.2 Å². The topological polar surface area (TPSA) is 133 Å². The van der Waals surface area contributed by atoms with Gasteiger partial charge in [-0.15, -0.1) is 0 Å². The number of anilines is 2. The lowest BCUT2D eigenvalue weighted by molar-refractivity contribution is -0.319. The van der Waals surface area contributed by atoms with Gasteiger partial charge in [-0.2, -0.15) is 4.39 Å². The smallest absolute Gasteiger partial charge is 0.293 e. The Morgan fingerprint density at radius 3 is 2.57 bits per heavy atom. The van der Waals surface area contributed by atoms with Gasteiger partial charge in [0, 0.05) is 24.4 Å². The molecule has 2 saturated heterocycles. The van der Waals surface area contributed by atoms with E-state index in [0.29, 0.717) is 0 Å². The molecule has 2 aliphatic rings. The Labute approximate surface area is 197 Å². The number of primary sulfonamides is 1. The number of aromatic nitrogens is 1. The molecule has 1 aromatic carbocycles. The van der Waals surface area contributed by atoms with Crippen molar-refractivity contribution in [3.8, 4) is 5.75 Å². The minimum Gasteiger partial charge on any atom is -0.491 e. The molecule has 4 rings (SSSR count). The number of carbonyl (C=O) groups excluding carboxylic acids is 1. The maximum atomic E-state index is 14.4. The van der Waals surface area contributed by atoms with Crippen LogP contribution in [-0.2, 0) is 24.3 Å². The predicted molar refractivity (Wildman–Crippen MR) is 112 cm³/mol. The number of benzene rings is 1. The van der Waals surface area contributed by atoms with Gasteiger partial charge in [0.15, 0.2) is 22.4 Å². The van der Waals surface area contributed by atoms with Gasteiger partial charge in [-0.25, -0.2) is 31.7 Å². The highest BCUT2D eigenvalue weighted by atomic mass is 32.2. The highest BCUT2D eigenvalue weighted by Gasteiger charge is 2.55. The van der Waals surface area contributed by atoms with Crippen LogP contribution in [0.5, 0.6) is 5.75 Å². The fourth-order valence-electron chi connectivity index (χ4n) is 3.90. The number of methoxy groups -OCH3 is 1. The number of sulfonamides is 1. The normalized spacial score (nSPS) is 21.2. The summed E-state index contributed by atoms with van der Waals surface area (Å²) in [7, 11) is -3.06. The van der Waals surface area contributed by atoms with E-state index in [2.05, 4.69) is 10.3 Å². The van der Waals surface area contributed by atoms with E-state index in [9.17, 15) is 30.8 Å². The SMILES string of the molecule is COc1c(N2CC3(C[C@@H]2C(=O)Nc2ccnc(S(N)(=O)=O)c2)OCC(F)(F)CO3)ccc(F)c1F. The van der Waals surface area contributed by atoms with E-state index in [1.165, 1.54) is 17.0 Å². The number of pyridine rings is 1. The molecule has 15 heteroatoms. The standard InChI is InChI=1S/C20H20F4N4O6S/c1-32-17-13(3-2-12(21)16(17)22)28-8-20(33-9-19(23,24)10-34-20)7-14(28)18(29)27-11-4-5-26-15(6-11)35(25,30)31/h2-6,14H,7-10H2,1H3,(H2,25,30,31)(H,26,27,29)/t14-/m1/s1. The van der Waals surface area contributed by atoms with Crippen LogP contribution in [-0.4, -0.2) is 63.9 Å². The number of ether oxygens (including phenoxy) is 3. The number of halogens is 4. The molecule has 1 aromatic heterocycles. The summed E-state index contributed by atoms with van der Waals surface area (Å²) in [6.07, 6.45) is 0.848. The third kappa shape index (κ3) is 5.03. The number of carbonyl (C=O) groups is 1. The van der Waals surface area contributed by atoms with E-state index >= 15 is 0 Å². The summed E-state index contributed by atoms with van der Waals surface area (Å²) < 4.78 is 94.2. The van der Waals surface area contributed by atoms with Crippen molar-refractivity contribution in [2.75, 3.05) is 37.1 Å². The molecule has 1 spiro atoms. The molecule has 1 amide bonds. The average Bonchev–Trinajstić information content (AvgIpc) is 3.17. The zero-order valence-corrected chi connectivity index (χ0v) is 19.0. The van der Waals surface area contributed by atoms with Crippen molar-refractivity contribution in [1.29, 1.82) is 0 Å². The fourth-order valence-corrected chi connectivity index (χ4v) is 4.40. The Hall–Kier alpha value is -3.01.